The van der Waals surface area contributed by atoms with Crippen LogP contribution in [0.1, 0.15) is 97.6 Å². The maximum Gasteiger partial charge on any atom is 0.412 e. The number of nitrogens with one attached hydrogen (secondary N) is 4. The van der Waals surface area contributed by atoms with E-state index < -0.39 is 47.2 Å². The van der Waals surface area contributed by atoms with Crippen LogP contribution < -0.4 is 21.3 Å². The minimum Gasteiger partial charge on any atom is -0.444 e. The lowest BCUT2D eigenvalue weighted by Crippen LogP contribution is -2.57. The van der Waals surface area contributed by atoms with E-state index >= 15 is 0 Å². The van der Waals surface area contributed by atoms with Crippen LogP contribution in [0.15, 0.2) is 54.6 Å². The average molecular weight is 679 g/mol. The molecule has 1 saturated heterocycles. The van der Waals surface area contributed by atoms with Crippen LogP contribution in [0.3, 0.4) is 0 Å². The molecule has 1 aliphatic rings. The fraction of sp³-hybridized carbons (Fsp3) is 0.553. The molecule has 0 radical (unpaired) electrons. The van der Waals surface area contributed by atoms with Crippen molar-refractivity contribution >= 4 is 35.3 Å². The van der Waals surface area contributed by atoms with Gasteiger partial charge in [-0.2, -0.15) is 0 Å². The van der Waals surface area contributed by atoms with Gasteiger partial charge in [-0.05, 0) is 70.2 Å². The van der Waals surface area contributed by atoms with E-state index in [2.05, 4.69) is 21.3 Å². The van der Waals surface area contributed by atoms with Gasteiger partial charge in [-0.1, -0.05) is 82.0 Å². The lowest BCUT2D eigenvalue weighted by atomic mass is 9.94. The van der Waals surface area contributed by atoms with Gasteiger partial charge in [0.1, 0.15) is 23.3 Å². The zero-order valence-electron chi connectivity index (χ0n) is 29.9. The van der Waals surface area contributed by atoms with Gasteiger partial charge in [-0.15, -0.1) is 0 Å². The van der Waals surface area contributed by atoms with E-state index in [0.717, 1.165) is 30.4 Å². The first-order valence-electron chi connectivity index (χ1n) is 17.4. The van der Waals surface area contributed by atoms with Crippen molar-refractivity contribution < 1.29 is 33.4 Å². The molecule has 0 aromatic heterocycles. The summed E-state index contributed by atoms with van der Waals surface area (Å²) < 4.78 is 10.7. The molecular formula is C38H54N4O7. The second-order valence-electron chi connectivity index (χ2n) is 13.9. The van der Waals surface area contributed by atoms with Gasteiger partial charge in [0.05, 0.1) is 12.6 Å². The van der Waals surface area contributed by atoms with Crippen molar-refractivity contribution in [2.75, 3.05) is 11.9 Å². The highest BCUT2D eigenvalue weighted by atomic mass is 16.6. The second-order valence-corrected chi connectivity index (χ2v) is 13.9. The highest BCUT2D eigenvalue weighted by Gasteiger charge is 2.50. The van der Waals surface area contributed by atoms with Crippen molar-refractivity contribution in [1.29, 1.82) is 0 Å². The van der Waals surface area contributed by atoms with Crippen LogP contribution in [0.25, 0.3) is 0 Å². The molecule has 0 saturated carbocycles. The third-order valence-corrected chi connectivity index (χ3v) is 8.19. The first-order chi connectivity index (χ1) is 23.2. The lowest BCUT2D eigenvalue weighted by Gasteiger charge is -2.26. The molecular weight excluding hydrogens is 624 g/mol. The Kier molecular flexibility index (Phi) is 14.8. The number of hydrogen-bond acceptors (Lipinski definition) is 7. The zero-order valence-corrected chi connectivity index (χ0v) is 29.9. The monoisotopic (exact) mass is 678 g/mol. The summed E-state index contributed by atoms with van der Waals surface area (Å²) in [6, 6.07) is 13.6. The van der Waals surface area contributed by atoms with E-state index in [-0.39, 0.29) is 31.0 Å². The number of ether oxygens (including phenoxy) is 2. The van der Waals surface area contributed by atoms with E-state index in [1.54, 1.807) is 52.0 Å². The molecule has 0 aliphatic carbocycles. The molecule has 4 atom stereocenters. The summed E-state index contributed by atoms with van der Waals surface area (Å²) in [6.07, 6.45) is 4.49. The number of ketones is 1. The van der Waals surface area contributed by atoms with Crippen LogP contribution in [0, 0.1) is 0 Å². The van der Waals surface area contributed by atoms with Crippen LogP contribution in [0.2, 0.25) is 0 Å². The number of Topliss-reactive ketones (excluding diaryl/α,β-unsaturated/α-hetero) is 1. The van der Waals surface area contributed by atoms with Crippen LogP contribution in [0.4, 0.5) is 10.5 Å². The Morgan fingerprint density at radius 3 is 1.94 bits per heavy atom. The van der Waals surface area contributed by atoms with Gasteiger partial charge in [0.2, 0.25) is 17.7 Å². The highest BCUT2D eigenvalue weighted by molar-refractivity contribution is 5.98. The molecule has 11 nitrogen and oxygen atoms in total. The van der Waals surface area contributed by atoms with E-state index in [0.29, 0.717) is 31.6 Å². The molecule has 2 aromatic carbocycles. The number of carbonyl (C=O) groups excluding carboxylic acids is 5. The smallest absolute Gasteiger partial charge is 0.412 e. The van der Waals surface area contributed by atoms with Crippen molar-refractivity contribution in [3.05, 3.63) is 65.7 Å². The third-order valence-electron chi connectivity index (χ3n) is 8.19. The summed E-state index contributed by atoms with van der Waals surface area (Å²) in [4.78, 5) is 66.1. The number of rotatable bonds is 19. The van der Waals surface area contributed by atoms with Crippen molar-refractivity contribution in [1.82, 2.24) is 16.0 Å². The number of carbonyl (C=O) groups is 5. The Hall–Kier alpha value is -4.25. The van der Waals surface area contributed by atoms with Gasteiger partial charge in [0.25, 0.3) is 0 Å². The fourth-order valence-electron chi connectivity index (χ4n) is 5.29. The van der Waals surface area contributed by atoms with Gasteiger partial charge < -0.3 is 25.4 Å². The Balaban J connectivity index is 1.77. The Morgan fingerprint density at radius 2 is 1.35 bits per heavy atom. The molecule has 0 bridgehead atoms. The fourth-order valence-corrected chi connectivity index (χ4v) is 5.29. The minimum atomic E-state index is -0.962. The van der Waals surface area contributed by atoms with Crippen molar-refractivity contribution in [2.24, 2.45) is 0 Å². The number of unbranched alkanes of at least 4 members (excludes halogenated alkanes) is 3. The normalized spacial score (nSPS) is 17.2. The van der Waals surface area contributed by atoms with E-state index in [1.165, 1.54) is 0 Å². The van der Waals surface area contributed by atoms with E-state index in [1.807, 2.05) is 44.2 Å². The van der Waals surface area contributed by atoms with Crippen LogP contribution in [-0.4, -0.2) is 65.5 Å². The predicted molar refractivity (Wildman–Crippen MR) is 189 cm³/mol. The Morgan fingerprint density at radius 1 is 0.776 bits per heavy atom. The van der Waals surface area contributed by atoms with Crippen LogP contribution >= 0.6 is 0 Å². The Labute approximate surface area is 290 Å². The molecule has 1 heterocycles. The summed E-state index contributed by atoms with van der Waals surface area (Å²) in [6.45, 7) is 11.4. The van der Waals surface area contributed by atoms with Gasteiger partial charge >= 0.3 is 6.09 Å². The topological polar surface area (TPSA) is 155 Å². The number of epoxide rings is 1. The predicted octanol–water partition coefficient (Wildman–Crippen LogP) is 5.40. The molecule has 49 heavy (non-hydrogen) atoms. The van der Waals surface area contributed by atoms with Gasteiger partial charge in [-0.3, -0.25) is 24.5 Å². The molecule has 1 aliphatic heterocycles. The largest absolute Gasteiger partial charge is 0.444 e. The van der Waals surface area contributed by atoms with Crippen molar-refractivity contribution in [2.45, 2.75) is 129 Å². The number of benzene rings is 2. The first-order valence-corrected chi connectivity index (χ1v) is 17.4. The minimum absolute atomic E-state index is 0.158. The maximum atomic E-state index is 13.8. The summed E-state index contributed by atoms with van der Waals surface area (Å²) in [5.41, 5.74) is 0.555. The molecule has 0 unspecified atom stereocenters. The summed E-state index contributed by atoms with van der Waals surface area (Å²) >= 11 is 0. The standard InChI is InChI=1S/C38H54N4O7/c1-7-9-12-18-32(43)40-31(24-27-19-21-28(22-20-27)39-36(47)49-37(3,4)5)35(46)41-29(17-10-8-2)34(45)42-30(33(44)38(6)25-48-38)23-26-15-13-11-14-16-26/h11,13-16,19-22,29-31H,7-10,12,17-18,23-25H2,1-6H3,(H,39,47)(H,40,43)(H,41,46)(H,42,45)/t29-,30-,31-,38+/m0/s1. The maximum absolute atomic E-state index is 13.8. The summed E-state index contributed by atoms with van der Waals surface area (Å²) in [5.74, 6) is -1.44. The molecule has 1 fully saturated rings. The molecule has 4 N–H and O–H groups in total. The third kappa shape index (κ3) is 13.6. The Bertz CT molecular complexity index is 1400. The van der Waals surface area contributed by atoms with E-state index in [9.17, 15) is 24.0 Å². The number of hydrogen-bond donors (Lipinski definition) is 4. The van der Waals surface area contributed by atoms with Gasteiger partial charge in [0.15, 0.2) is 5.78 Å². The molecule has 2 aromatic rings. The van der Waals surface area contributed by atoms with Crippen LogP contribution in [-0.2, 0) is 41.5 Å². The zero-order chi connectivity index (χ0) is 36.0. The van der Waals surface area contributed by atoms with Crippen molar-refractivity contribution in [3.8, 4) is 0 Å². The van der Waals surface area contributed by atoms with Crippen LogP contribution in [0.5, 0.6) is 0 Å². The van der Waals surface area contributed by atoms with Gasteiger partial charge in [-0.25, -0.2) is 4.79 Å². The molecule has 11 heteroatoms. The molecule has 0 spiro atoms. The molecule has 268 valence electrons. The lowest BCUT2D eigenvalue weighted by molar-refractivity contribution is -0.134. The SMILES string of the molecule is CCCCCC(=O)N[C@@H](Cc1ccc(NC(=O)OC(C)(C)C)cc1)C(=O)N[C@@H](CCCC)C(=O)N[C@@H](Cc1ccccc1)C(=O)[C@@]1(C)CO1. The summed E-state index contributed by atoms with van der Waals surface area (Å²) in [7, 11) is 0. The van der Waals surface area contributed by atoms with Crippen molar-refractivity contribution in [3.63, 3.8) is 0 Å². The van der Waals surface area contributed by atoms with E-state index in [4.69, 9.17) is 9.47 Å². The van der Waals surface area contributed by atoms with Gasteiger partial charge in [0, 0.05) is 18.5 Å². The average Bonchev–Trinajstić information content (AvgIpc) is 3.80. The quantitative estimate of drug-likeness (QED) is 0.115. The number of anilines is 1. The number of amides is 4. The highest BCUT2D eigenvalue weighted by Crippen LogP contribution is 2.29. The second kappa shape index (κ2) is 18.5. The summed E-state index contributed by atoms with van der Waals surface area (Å²) in [5, 5.41) is 11.4. The molecule has 4 amide bonds. The molecule has 3 rings (SSSR count). The first kappa shape index (κ1) is 39.2.